The number of Topliss-reactive ketones (excluding diaryl/α,β-unsaturated/α-hetero) is 1. The van der Waals surface area contributed by atoms with Crippen LogP contribution in [0.5, 0.6) is 0 Å². The van der Waals surface area contributed by atoms with Crippen molar-refractivity contribution in [2.45, 2.75) is 6.42 Å². The molecule has 0 spiro atoms. The van der Waals surface area contributed by atoms with Crippen LogP contribution in [0.3, 0.4) is 0 Å². The zero-order valence-corrected chi connectivity index (χ0v) is 10.4. The van der Waals surface area contributed by atoms with Gasteiger partial charge in [-0.15, -0.1) is 11.3 Å². The Morgan fingerprint density at radius 2 is 2.22 bits per heavy atom. The van der Waals surface area contributed by atoms with Gasteiger partial charge in [0, 0.05) is 34.6 Å². The Bertz CT molecular complexity index is 692. The van der Waals surface area contributed by atoms with Crippen molar-refractivity contribution in [2.24, 2.45) is 0 Å². The normalized spacial score (nSPS) is 10.7. The van der Waals surface area contributed by atoms with Crippen LogP contribution < -0.4 is 0 Å². The number of aromatic nitrogens is 2. The molecule has 3 rings (SSSR count). The molecule has 0 amide bonds. The number of carbonyl (C=O) groups excluding carboxylic acids is 1. The Hall–Kier alpha value is -2.07. The van der Waals surface area contributed by atoms with Gasteiger partial charge in [-0.1, -0.05) is 6.07 Å². The second-order valence-corrected chi connectivity index (χ2v) is 4.95. The smallest absolute Gasteiger partial charge is 0.168 e. The Morgan fingerprint density at radius 1 is 1.28 bits per heavy atom. The molecule has 1 aromatic carbocycles. The first kappa shape index (κ1) is 11.0. The van der Waals surface area contributed by atoms with Gasteiger partial charge in [0.15, 0.2) is 5.78 Å². The van der Waals surface area contributed by atoms with Crippen LogP contribution in [0.1, 0.15) is 15.2 Å². The predicted molar refractivity (Wildman–Crippen MR) is 71.9 cm³/mol. The third-order valence-corrected chi connectivity index (χ3v) is 3.52. The van der Waals surface area contributed by atoms with Crippen molar-refractivity contribution in [1.82, 2.24) is 9.97 Å². The minimum absolute atomic E-state index is 0.116. The van der Waals surface area contributed by atoms with Crippen LogP contribution in [0.15, 0.2) is 48.2 Å². The lowest BCUT2D eigenvalue weighted by Crippen LogP contribution is -2.02. The molecule has 0 bridgehead atoms. The summed E-state index contributed by atoms with van der Waals surface area (Å²) in [7, 11) is 0. The molecule has 0 unspecified atom stereocenters. The molecule has 0 radical (unpaired) electrons. The molecule has 0 atom stereocenters. The lowest BCUT2D eigenvalue weighted by atomic mass is 10.1. The molecular formula is C14H10N2OS. The van der Waals surface area contributed by atoms with E-state index in [1.807, 2.05) is 30.3 Å². The number of pyridine rings is 1. The maximum atomic E-state index is 12.1. The summed E-state index contributed by atoms with van der Waals surface area (Å²) < 4.78 is 0. The lowest BCUT2D eigenvalue weighted by molar-refractivity contribution is 0.0994. The highest BCUT2D eigenvalue weighted by molar-refractivity contribution is 7.09. The number of carbonyl (C=O) groups is 1. The van der Waals surface area contributed by atoms with Crippen LogP contribution in [0.4, 0.5) is 0 Å². The van der Waals surface area contributed by atoms with Gasteiger partial charge in [-0.25, -0.2) is 0 Å². The van der Waals surface area contributed by atoms with E-state index in [9.17, 15) is 4.79 Å². The van der Waals surface area contributed by atoms with Gasteiger partial charge in [0.1, 0.15) is 0 Å². The number of ketones is 1. The molecule has 3 aromatic rings. The van der Waals surface area contributed by atoms with Crippen LogP contribution >= 0.6 is 11.3 Å². The summed E-state index contributed by atoms with van der Waals surface area (Å²) >= 11 is 1.51. The van der Waals surface area contributed by atoms with Crippen molar-refractivity contribution >= 4 is 28.0 Å². The maximum Gasteiger partial charge on any atom is 0.168 e. The molecule has 88 valence electrons. The Morgan fingerprint density at radius 3 is 3.06 bits per heavy atom. The molecule has 4 heteroatoms. The highest BCUT2D eigenvalue weighted by Gasteiger charge is 2.08. The number of hydrogen-bond acceptors (Lipinski definition) is 4. The van der Waals surface area contributed by atoms with Gasteiger partial charge in [0.05, 0.1) is 11.0 Å². The first-order chi connectivity index (χ1) is 8.83. The first-order valence-corrected chi connectivity index (χ1v) is 6.46. The molecule has 2 heterocycles. The minimum Gasteiger partial charge on any atom is -0.294 e. The van der Waals surface area contributed by atoms with Gasteiger partial charge in [0.25, 0.3) is 0 Å². The van der Waals surface area contributed by atoms with Crippen LogP contribution in [0.2, 0.25) is 0 Å². The number of thiazole rings is 1. The first-order valence-electron chi connectivity index (χ1n) is 5.58. The molecule has 0 fully saturated rings. The highest BCUT2D eigenvalue weighted by Crippen LogP contribution is 2.16. The number of hydrogen-bond donors (Lipinski definition) is 0. The molecule has 0 aliphatic carbocycles. The molecule has 0 aliphatic heterocycles. The highest BCUT2D eigenvalue weighted by atomic mass is 32.1. The van der Waals surface area contributed by atoms with Gasteiger partial charge in [0.2, 0.25) is 0 Å². The SMILES string of the molecule is O=C(Cc1cncs1)c1ccc2ncccc2c1. The predicted octanol–water partition coefficient (Wildman–Crippen LogP) is 3.12. The van der Waals surface area contributed by atoms with E-state index in [0.717, 1.165) is 21.3 Å². The monoisotopic (exact) mass is 254 g/mol. The topological polar surface area (TPSA) is 42.9 Å². The van der Waals surface area contributed by atoms with Crippen LogP contribution in [-0.4, -0.2) is 15.8 Å². The van der Waals surface area contributed by atoms with Crippen LogP contribution in [0.25, 0.3) is 10.9 Å². The van der Waals surface area contributed by atoms with E-state index in [4.69, 9.17) is 0 Å². The largest absolute Gasteiger partial charge is 0.294 e. The van der Waals surface area contributed by atoms with Gasteiger partial charge in [-0.05, 0) is 24.3 Å². The van der Waals surface area contributed by atoms with Gasteiger partial charge < -0.3 is 0 Å². The summed E-state index contributed by atoms with van der Waals surface area (Å²) in [5.74, 6) is 0.116. The average Bonchev–Trinajstić information content (AvgIpc) is 2.91. The van der Waals surface area contributed by atoms with E-state index in [1.165, 1.54) is 11.3 Å². The molecular weight excluding hydrogens is 244 g/mol. The molecule has 2 aromatic heterocycles. The molecule has 0 saturated heterocycles. The maximum absolute atomic E-state index is 12.1. The van der Waals surface area contributed by atoms with Crippen molar-refractivity contribution in [2.75, 3.05) is 0 Å². The quantitative estimate of drug-likeness (QED) is 0.674. The molecule has 18 heavy (non-hydrogen) atoms. The fourth-order valence-electron chi connectivity index (χ4n) is 1.84. The van der Waals surface area contributed by atoms with Crippen molar-refractivity contribution < 1.29 is 4.79 Å². The zero-order chi connectivity index (χ0) is 12.4. The Kier molecular flexibility index (Phi) is 2.86. The fraction of sp³-hybridized carbons (Fsp3) is 0.0714. The number of benzene rings is 1. The zero-order valence-electron chi connectivity index (χ0n) is 9.54. The van der Waals surface area contributed by atoms with Gasteiger partial charge in [-0.2, -0.15) is 0 Å². The summed E-state index contributed by atoms with van der Waals surface area (Å²) in [6.45, 7) is 0. The van der Waals surface area contributed by atoms with Crippen LogP contribution in [0, 0.1) is 0 Å². The second kappa shape index (κ2) is 4.66. The third-order valence-electron chi connectivity index (χ3n) is 2.74. The molecule has 0 aliphatic rings. The average molecular weight is 254 g/mol. The van der Waals surface area contributed by atoms with Gasteiger partial charge >= 0.3 is 0 Å². The van der Waals surface area contributed by atoms with Crippen molar-refractivity contribution in [3.8, 4) is 0 Å². The molecule has 3 nitrogen and oxygen atoms in total. The van der Waals surface area contributed by atoms with Crippen molar-refractivity contribution in [1.29, 1.82) is 0 Å². The van der Waals surface area contributed by atoms with E-state index in [1.54, 1.807) is 17.9 Å². The summed E-state index contributed by atoms with van der Waals surface area (Å²) in [5, 5.41) is 0.993. The number of rotatable bonds is 3. The van der Waals surface area contributed by atoms with Crippen molar-refractivity contribution in [3.05, 3.63) is 58.7 Å². The van der Waals surface area contributed by atoms with Gasteiger partial charge in [-0.3, -0.25) is 14.8 Å². The Labute approximate surface area is 108 Å². The minimum atomic E-state index is 0.116. The van der Waals surface area contributed by atoms with E-state index < -0.39 is 0 Å². The lowest BCUT2D eigenvalue weighted by Gasteiger charge is -2.01. The third kappa shape index (κ3) is 2.15. The number of fused-ring (bicyclic) bond motifs is 1. The second-order valence-electron chi connectivity index (χ2n) is 3.98. The molecule has 0 saturated carbocycles. The van der Waals surface area contributed by atoms with Crippen molar-refractivity contribution in [3.63, 3.8) is 0 Å². The summed E-state index contributed by atoms with van der Waals surface area (Å²) in [5.41, 5.74) is 3.38. The summed E-state index contributed by atoms with van der Waals surface area (Å²) in [6.07, 6.45) is 3.91. The van der Waals surface area contributed by atoms with E-state index in [0.29, 0.717) is 6.42 Å². The standard InChI is InChI=1S/C14H10N2OS/c17-14(7-12-8-15-9-18-12)11-3-4-13-10(6-11)2-1-5-16-13/h1-6,8-9H,7H2. The van der Waals surface area contributed by atoms with E-state index in [2.05, 4.69) is 9.97 Å². The van der Waals surface area contributed by atoms with Crippen LogP contribution in [-0.2, 0) is 6.42 Å². The van der Waals surface area contributed by atoms with E-state index >= 15 is 0 Å². The molecule has 0 N–H and O–H groups in total. The number of nitrogens with zero attached hydrogens (tertiary/aromatic N) is 2. The van der Waals surface area contributed by atoms with E-state index in [-0.39, 0.29) is 5.78 Å². The summed E-state index contributed by atoms with van der Waals surface area (Å²) in [6, 6.07) is 9.45. The fourth-order valence-corrected chi connectivity index (χ4v) is 2.43. The Balaban J connectivity index is 1.92. The summed E-state index contributed by atoms with van der Waals surface area (Å²) in [4.78, 5) is 21.3.